The zero-order valence-electron chi connectivity index (χ0n) is 13.2. The van der Waals surface area contributed by atoms with E-state index in [-0.39, 0.29) is 31.1 Å². The van der Waals surface area contributed by atoms with Crippen LogP contribution in [0.1, 0.15) is 24.9 Å². The fourth-order valence-electron chi connectivity index (χ4n) is 2.55. The summed E-state index contributed by atoms with van der Waals surface area (Å²) in [6.45, 7) is 1.62. The van der Waals surface area contributed by atoms with Crippen molar-refractivity contribution in [3.8, 4) is 11.5 Å². The molecule has 1 unspecified atom stereocenters. The largest absolute Gasteiger partial charge is 0.454 e. The van der Waals surface area contributed by atoms with E-state index in [1.807, 2.05) is 30.3 Å². The second-order valence-corrected chi connectivity index (χ2v) is 5.48. The van der Waals surface area contributed by atoms with Crippen LogP contribution in [0.4, 0.5) is 5.69 Å². The maximum Gasteiger partial charge on any atom is 0.231 e. The monoisotopic (exact) mass is 326 g/mol. The third-order valence-electron chi connectivity index (χ3n) is 3.63. The zero-order valence-corrected chi connectivity index (χ0v) is 13.2. The average Bonchev–Trinajstić information content (AvgIpc) is 3.02. The van der Waals surface area contributed by atoms with Crippen LogP contribution >= 0.6 is 0 Å². The number of benzene rings is 2. The standard InChI is InChI=1S/C18H18N2O4/c1-12(21)19-15(13-5-3-2-4-6-13)10-18(22)20-14-7-8-16-17(9-14)24-11-23-16/h2-9,15H,10-11H2,1H3,(H,19,21)(H,20,22). The van der Waals surface area contributed by atoms with Crippen molar-refractivity contribution in [2.45, 2.75) is 19.4 Å². The number of anilines is 1. The van der Waals surface area contributed by atoms with Gasteiger partial charge in [0.05, 0.1) is 12.5 Å². The Morgan fingerprint density at radius 2 is 1.83 bits per heavy atom. The molecule has 2 aromatic carbocycles. The molecular weight excluding hydrogens is 308 g/mol. The van der Waals surface area contributed by atoms with Crippen LogP contribution in [0.5, 0.6) is 11.5 Å². The SMILES string of the molecule is CC(=O)NC(CC(=O)Nc1ccc2c(c1)OCO2)c1ccccc1. The summed E-state index contributed by atoms with van der Waals surface area (Å²) >= 11 is 0. The van der Waals surface area contributed by atoms with Crippen molar-refractivity contribution in [1.29, 1.82) is 0 Å². The van der Waals surface area contributed by atoms with E-state index in [1.165, 1.54) is 6.92 Å². The van der Waals surface area contributed by atoms with Gasteiger partial charge in [0.1, 0.15) is 0 Å². The predicted octanol–water partition coefficient (Wildman–Crippen LogP) is 2.62. The van der Waals surface area contributed by atoms with Gasteiger partial charge in [0.2, 0.25) is 18.6 Å². The van der Waals surface area contributed by atoms with Gasteiger partial charge in [-0.25, -0.2) is 0 Å². The zero-order chi connectivity index (χ0) is 16.9. The summed E-state index contributed by atoms with van der Waals surface area (Å²) in [7, 11) is 0. The second kappa shape index (κ2) is 7.04. The molecule has 0 saturated heterocycles. The summed E-state index contributed by atoms with van der Waals surface area (Å²) in [6.07, 6.45) is 0.137. The van der Waals surface area contributed by atoms with Crippen LogP contribution < -0.4 is 20.1 Å². The van der Waals surface area contributed by atoms with Crippen LogP contribution in [0.25, 0.3) is 0 Å². The van der Waals surface area contributed by atoms with E-state index in [0.717, 1.165) is 5.56 Å². The molecule has 1 atom stereocenters. The van der Waals surface area contributed by atoms with Gasteiger partial charge in [0.25, 0.3) is 0 Å². The molecule has 0 spiro atoms. The number of amides is 2. The molecule has 2 amide bonds. The molecule has 0 fully saturated rings. The first-order chi connectivity index (χ1) is 11.6. The van der Waals surface area contributed by atoms with Gasteiger partial charge in [-0.15, -0.1) is 0 Å². The van der Waals surface area contributed by atoms with Crippen LogP contribution in [0.2, 0.25) is 0 Å². The van der Waals surface area contributed by atoms with Gasteiger partial charge in [0, 0.05) is 18.7 Å². The molecule has 124 valence electrons. The van der Waals surface area contributed by atoms with Gasteiger partial charge < -0.3 is 20.1 Å². The van der Waals surface area contributed by atoms with Crippen molar-refractivity contribution in [2.24, 2.45) is 0 Å². The molecule has 6 heteroatoms. The third kappa shape index (κ3) is 3.84. The Balaban J connectivity index is 1.68. The van der Waals surface area contributed by atoms with E-state index >= 15 is 0 Å². The Kier molecular flexibility index (Phi) is 4.65. The number of hydrogen-bond acceptors (Lipinski definition) is 4. The highest BCUT2D eigenvalue weighted by Crippen LogP contribution is 2.34. The predicted molar refractivity (Wildman–Crippen MR) is 88.8 cm³/mol. The van der Waals surface area contributed by atoms with Gasteiger partial charge in [-0.05, 0) is 17.7 Å². The number of rotatable bonds is 5. The summed E-state index contributed by atoms with van der Waals surface area (Å²) in [5.41, 5.74) is 1.51. The lowest BCUT2D eigenvalue weighted by Crippen LogP contribution is -2.29. The minimum absolute atomic E-state index is 0.137. The Labute approximate surface area is 139 Å². The van der Waals surface area contributed by atoms with Crippen LogP contribution in [-0.2, 0) is 9.59 Å². The van der Waals surface area contributed by atoms with Gasteiger partial charge >= 0.3 is 0 Å². The molecule has 0 radical (unpaired) electrons. The molecule has 2 N–H and O–H groups in total. The normalized spacial score (nSPS) is 13.2. The van der Waals surface area contributed by atoms with E-state index in [1.54, 1.807) is 18.2 Å². The molecule has 0 saturated carbocycles. The lowest BCUT2D eigenvalue weighted by molar-refractivity contribution is -0.120. The Bertz CT molecular complexity index is 746. The van der Waals surface area contributed by atoms with Crippen molar-refractivity contribution < 1.29 is 19.1 Å². The smallest absolute Gasteiger partial charge is 0.231 e. The van der Waals surface area contributed by atoms with Crippen molar-refractivity contribution in [3.05, 3.63) is 54.1 Å². The molecule has 6 nitrogen and oxygen atoms in total. The number of ether oxygens (including phenoxy) is 2. The molecule has 0 aliphatic carbocycles. The van der Waals surface area contributed by atoms with Crippen molar-refractivity contribution in [3.63, 3.8) is 0 Å². The first-order valence-corrected chi connectivity index (χ1v) is 7.63. The topological polar surface area (TPSA) is 76.7 Å². The summed E-state index contributed by atoms with van der Waals surface area (Å²) in [5.74, 6) is 0.888. The van der Waals surface area contributed by atoms with E-state index in [9.17, 15) is 9.59 Å². The van der Waals surface area contributed by atoms with Crippen molar-refractivity contribution in [2.75, 3.05) is 12.1 Å². The quantitative estimate of drug-likeness (QED) is 0.885. The molecule has 1 aliphatic rings. The second-order valence-electron chi connectivity index (χ2n) is 5.48. The molecule has 1 heterocycles. The average molecular weight is 326 g/mol. The molecule has 2 aromatic rings. The fourth-order valence-corrected chi connectivity index (χ4v) is 2.55. The van der Waals surface area contributed by atoms with Gasteiger partial charge in [-0.1, -0.05) is 30.3 Å². The number of carbonyl (C=O) groups excluding carboxylic acids is 2. The minimum atomic E-state index is -0.377. The molecule has 0 aromatic heterocycles. The first-order valence-electron chi connectivity index (χ1n) is 7.63. The molecule has 3 rings (SSSR count). The van der Waals surface area contributed by atoms with Gasteiger partial charge in [0.15, 0.2) is 11.5 Å². The summed E-state index contributed by atoms with van der Waals surface area (Å²) in [6, 6.07) is 14.2. The first kappa shape index (κ1) is 15.9. The Morgan fingerprint density at radius 3 is 2.58 bits per heavy atom. The van der Waals surface area contributed by atoms with Crippen molar-refractivity contribution >= 4 is 17.5 Å². The van der Waals surface area contributed by atoms with E-state index < -0.39 is 0 Å². The van der Waals surface area contributed by atoms with Crippen LogP contribution in [0.3, 0.4) is 0 Å². The number of hydrogen-bond donors (Lipinski definition) is 2. The Hall–Kier alpha value is -3.02. The lowest BCUT2D eigenvalue weighted by Gasteiger charge is -2.18. The highest BCUT2D eigenvalue weighted by Gasteiger charge is 2.18. The molecule has 24 heavy (non-hydrogen) atoms. The third-order valence-corrected chi connectivity index (χ3v) is 3.63. The van der Waals surface area contributed by atoms with Crippen molar-refractivity contribution in [1.82, 2.24) is 5.32 Å². The highest BCUT2D eigenvalue weighted by molar-refractivity contribution is 5.92. The number of nitrogens with one attached hydrogen (secondary N) is 2. The summed E-state index contributed by atoms with van der Waals surface area (Å²) < 4.78 is 10.5. The minimum Gasteiger partial charge on any atom is -0.454 e. The summed E-state index contributed by atoms with van der Waals surface area (Å²) in [5, 5.41) is 5.63. The fraction of sp³-hybridized carbons (Fsp3) is 0.222. The molecule has 1 aliphatic heterocycles. The Morgan fingerprint density at radius 1 is 1.08 bits per heavy atom. The number of carbonyl (C=O) groups is 2. The van der Waals surface area contributed by atoms with E-state index in [2.05, 4.69) is 10.6 Å². The lowest BCUT2D eigenvalue weighted by atomic mass is 10.0. The van der Waals surface area contributed by atoms with Crippen LogP contribution in [-0.4, -0.2) is 18.6 Å². The van der Waals surface area contributed by atoms with E-state index in [0.29, 0.717) is 17.2 Å². The van der Waals surface area contributed by atoms with Gasteiger partial charge in [-0.3, -0.25) is 9.59 Å². The van der Waals surface area contributed by atoms with Crippen LogP contribution in [0.15, 0.2) is 48.5 Å². The maximum atomic E-state index is 12.3. The van der Waals surface area contributed by atoms with E-state index in [4.69, 9.17) is 9.47 Å². The maximum absolute atomic E-state index is 12.3. The summed E-state index contributed by atoms with van der Waals surface area (Å²) in [4.78, 5) is 23.8. The highest BCUT2D eigenvalue weighted by atomic mass is 16.7. The number of fused-ring (bicyclic) bond motifs is 1. The molecule has 0 bridgehead atoms. The molecular formula is C18H18N2O4. The van der Waals surface area contributed by atoms with Gasteiger partial charge in [-0.2, -0.15) is 0 Å². The van der Waals surface area contributed by atoms with Crippen LogP contribution in [0, 0.1) is 0 Å².